The summed E-state index contributed by atoms with van der Waals surface area (Å²) in [5, 5.41) is 3.36. The number of aromatic nitrogens is 1. The molecule has 1 N–H and O–H groups in total. The van der Waals surface area contributed by atoms with Crippen molar-refractivity contribution >= 4 is 34.9 Å². The van der Waals surface area contributed by atoms with Crippen LogP contribution < -0.4 is 10.2 Å². The lowest BCUT2D eigenvalue weighted by Crippen LogP contribution is -2.48. The number of nitrogens with one attached hydrogen (secondary N) is 1. The lowest BCUT2D eigenvalue weighted by molar-refractivity contribution is 0.0712. The van der Waals surface area contributed by atoms with E-state index in [4.69, 9.17) is 16.0 Å². The van der Waals surface area contributed by atoms with Crippen molar-refractivity contribution in [3.8, 4) is 0 Å². The standard InChI is InChI=1S/C31H33ClFN5O3/c1-2-14-38(31(40)34-28-11-4-3-10-27(28)33)21-25-9-6-15-37(25)22-26-12-13-29(41-26)30(39)36-18-16-35(17-19-36)24-8-5-7-23(32)20-24/h3-13,15,20H,2,14,16-19,21-22H2,1H3,(H,34,40). The van der Waals surface area contributed by atoms with Gasteiger partial charge in [-0.3, -0.25) is 4.79 Å². The second kappa shape index (κ2) is 13.0. The van der Waals surface area contributed by atoms with Crippen molar-refractivity contribution in [3.63, 3.8) is 0 Å². The summed E-state index contributed by atoms with van der Waals surface area (Å²) in [5.41, 5.74) is 2.09. The van der Waals surface area contributed by atoms with Gasteiger partial charge in [-0.25, -0.2) is 9.18 Å². The van der Waals surface area contributed by atoms with Crippen molar-refractivity contribution in [2.24, 2.45) is 0 Å². The quantitative estimate of drug-likeness (QED) is 0.252. The maximum Gasteiger partial charge on any atom is 0.322 e. The lowest BCUT2D eigenvalue weighted by Gasteiger charge is -2.35. The van der Waals surface area contributed by atoms with E-state index in [1.165, 1.54) is 12.1 Å². The number of hydrogen-bond donors (Lipinski definition) is 1. The van der Waals surface area contributed by atoms with E-state index in [1.807, 2.05) is 65.1 Å². The number of amides is 3. The van der Waals surface area contributed by atoms with Crippen LogP contribution in [0.2, 0.25) is 5.02 Å². The molecule has 1 fully saturated rings. The molecule has 1 saturated heterocycles. The number of benzene rings is 2. The van der Waals surface area contributed by atoms with Crippen molar-refractivity contribution in [1.29, 1.82) is 0 Å². The number of para-hydroxylation sites is 1. The molecule has 0 spiro atoms. The molecule has 8 nitrogen and oxygen atoms in total. The Morgan fingerprint density at radius 2 is 1.80 bits per heavy atom. The monoisotopic (exact) mass is 577 g/mol. The van der Waals surface area contributed by atoms with Crippen LogP contribution in [0, 0.1) is 5.82 Å². The van der Waals surface area contributed by atoms with E-state index in [1.54, 1.807) is 23.1 Å². The summed E-state index contributed by atoms with van der Waals surface area (Å²) in [4.78, 5) is 31.8. The van der Waals surface area contributed by atoms with E-state index in [0.717, 1.165) is 17.8 Å². The van der Waals surface area contributed by atoms with Gasteiger partial charge in [0.05, 0.1) is 18.8 Å². The van der Waals surface area contributed by atoms with Crippen LogP contribution in [0.1, 0.15) is 35.4 Å². The zero-order valence-corrected chi connectivity index (χ0v) is 23.7. The van der Waals surface area contributed by atoms with Crippen molar-refractivity contribution in [2.75, 3.05) is 42.9 Å². The molecule has 3 amide bonds. The number of rotatable bonds is 9. The first kappa shape index (κ1) is 28.3. The Kier molecular flexibility index (Phi) is 8.94. The van der Waals surface area contributed by atoms with Crippen LogP contribution in [0.15, 0.2) is 83.4 Å². The van der Waals surface area contributed by atoms with E-state index in [2.05, 4.69) is 10.2 Å². The molecule has 214 valence electrons. The van der Waals surface area contributed by atoms with E-state index in [-0.39, 0.29) is 17.6 Å². The molecule has 41 heavy (non-hydrogen) atoms. The van der Waals surface area contributed by atoms with Crippen LogP contribution in [0.5, 0.6) is 0 Å². The van der Waals surface area contributed by atoms with Gasteiger partial charge in [-0.15, -0.1) is 0 Å². The zero-order chi connectivity index (χ0) is 28.8. The third kappa shape index (κ3) is 6.92. The van der Waals surface area contributed by atoms with Crippen molar-refractivity contribution in [1.82, 2.24) is 14.4 Å². The van der Waals surface area contributed by atoms with Crippen molar-refractivity contribution in [2.45, 2.75) is 26.4 Å². The topological polar surface area (TPSA) is 74.0 Å². The predicted octanol–water partition coefficient (Wildman–Crippen LogP) is 6.33. The highest BCUT2D eigenvalue weighted by Crippen LogP contribution is 2.22. The highest BCUT2D eigenvalue weighted by Gasteiger charge is 2.25. The molecule has 1 aliphatic rings. The number of halogens is 2. The van der Waals surface area contributed by atoms with E-state index in [0.29, 0.717) is 62.4 Å². The fourth-order valence-electron chi connectivity index (χ4n) is 4.96. The maximum atomic E-state index is 14.1. The number of piperazine rings is 1. The van der Waals surface area contributed by atoms with Crippen molar-refractivity contribution in [3.05, 3.63) is 107 Å². The number of carbonyl (C=O) groups excluding carboxylic acids is 2. The normalized spacial score (nSPS) is 13.3. The number of furan rings is 1. The molecule has 1 aliphatic heterocycles. The van der Waals surface area contributed by atoms with Gasteiger partial charge in [0.25, 0.3) is 5.91 Å². The predicted molar refractivity (Wildman–Crippen MR) is 158 cm³/mol. The molecule has 0 bridgehead atoms. The Hall–Kier alpha value is -4.24. The first-order valence-corrected chi connectivity index (χ1v) is 14.1. The molecule has 2 aromatic heterocycles. The SMILES string of the molecule is CCCN(Cc1cccn1Cc1ccc(C(=O)N2CCN(c3cccc(Cl)c3)CC2)o1)C(=O)Nc1ccccc1F. The van der Waals surface area contributed by atoms with Gasteiger partial charge in [0.2, 0.25) is 0 Å². The van der Waals surface area contributed by atoms with Gasteiger partial charge in [0.1, 0.15) is 11.6 Å². The summed E-state index contributed by atoms with van der Waals surface area (Å²) < 4.78 is 22.0. The second-order valence-electron chi connectivity index (χ2n) is 9.98. The van der Waals surface area contributed by atoms with Crippen LogP contribution in [-0.4, -0.2) is 59.0 Å². The number of nitrogens with zero attached hydrogens (tertiary/aromatic N) is 4. The average molecular weight is 578 g/mol. The number of urea groups is 1. The molecular weight excluding hydrogens is 545 g/mol. The van der Waals surface area contributed by atoms with Crippen LogP contribution in [-0.2, 0) is 13.1 Å². The molecule has 0 unspecified atom stereocenters. The first-order chi connectivity index (χ1) is 19.9. The molecule has 0 aliphatic carbocycles. The highest BCUT2D eigenvalue weighted by atomic mass is 35.5. The van der Waals surface area contributed by atoms with E-state index < -0.39 is 5.82 Å². The van der Waals surface area contributed by atoms with Gasteiger partial charge in [0, 0.05) is 55.3 Å². The minimum atomic E-state index is -0.480. The van der Waals surface area contributed by atoms with Crippen molar-refractivity contribution < 1.29 is 18.4 Å². The number of hydrogen-bond acceptors (Lipinski definition) is 4. The Labute approximate surface area is 243 Å². The largest absolute Gasteiger partial charge is 0.454 e. The van der Waals surface area contributed by atoms with Crippen LogP contribution in [0.4, 0.5) is 20.6 Å². The van der Waals surface area contributed by atoms with Crippen LogP contribution in [0.3, 0.4) is 0 Å². The molecule has 10 heteroatoms. The van der Waals surface area contributed by atoms with Gasteiger partial charge in [-0.1, -0.05) is 36.7 Å². The zero-order valence-electron chi connectivity index (χ0n) is 22.9. The second-order valence-corrected chi connectivity index (χ2v) is 10.4. The minimum Gasteiger partial charge on any atom is -0.454 e. The molecular formula is C31H33ClFN5O3. The van der Waals surface area contributed by atoms with Gasteiger partial charge < -0.3 is 29.0 Å². The molecule has 0 saturated carbocycles. The molecule has 3 heterocycles. The third-order valence-corrected chi connectivity index (χ3v) is 7.35. The summed E-state index contributed by atoms with van der Waals surface area (Å²) >= 11 is 6.14. The van der Waals surface area contributed by atoms with E-state index >= 15 is 0 Å². The summed E-state index contributed by atoms with van der Waals surface area (Å²) in [6.45, 7) is 5.85. The summed E-state index contributed by atoms with van der Waals surface area (Å²) in [7, 11) is 0. The molecule has 2 aromatic carbocycles. The van der Waals surface area contributed by atoms with Crippen LogP contribution >= 0.6 is 11.6 Å². The fraction of sp³-hybridized carbons (Fsp3) is 0.290. The number of anilines is 2. The molecule has 4 aromatic rings. The highest BCUT2D eigenvalue weighted by molar-refractivity contribution is 6.30. The fourth-order valence-corrected chi connectivity index (χ4v) is 5.15. The summed E-state index contributed by atoms with van der Waals surface area (Å²) in [6, 6.07) is 20.8. The van der Waals surface area contributed by atoms with Crippen LogP contribution in [0.25, 0.3) is 0 Å². The number of carbonyl (C=O) groups is 2. The average Bonchev–Trinajstić information content (AvgIpc) is 3.63. The summed E-state index contributed by atoms with van der Waals surface area (Å²) in [6.07, 6.45) is 2.66. The molecule has 0 atom stereocenters. The van der Waals surface area contributed by atoms with Gasteiger partial charge in [-0.05, 0) is 61.0 Å². The smallest absolute Gasteiger partial charge is 0.322 e. The van der Waals surface area contributed by atoms with Gasteiger partial charge >= 0.3 is 6.03 Å². The molecule has 5 rings (SSSR count). The Morgan fingerprint density at radius 3 is 2.56 bits per heavy atom. The van der Waals surface area contributed by atoms with E-state index in [9.17, 15) is 14.0 Å². The Bertz CT molecular complexity index is 1490. The van der Waals surface area contributed by atoms with Gasteiger partial charge in [0.15, 0.2) is 5.76 Å². The minimum absolute atomic E-state index is 0.131. The van der Waals surface area contributed by atoms with Gasteiger partial charge in [-0.2, -0.15) is 0 Å². The Balaban J connectivity index is 1.19. The molecule has 0 radical (unpaired) electrons. The maximum absolute atomic E-state index is 14.1. The first-order valence-electron chi connectivity index (χ1n) is 13.7. The Morgan fingerprint density at radius 1 is 1.00 bits per heavy atom. The lowest BCUT2D eigenvalue weighted by atomic mass is 10.2. The summed E-state index contributed by atoms with van der Waals surface area (Å²) in [5.74, 6) is 0.337. The third-order valence-electron chi connectivity index (χ3n) is 7.11.